The number of aliphatic hydroxyl groups excluding tert-OH is 1. The predicted molar refractivity (Wildman–Crippen MR) is 128 cm³/mol. The first-order chi connectivity index (χ1) is 16.5. The number of alkyl halides is 3. The fourth-order valence-corrected chi connectivity index (χ4v) is 4.47. The molecule has 35 heavy (non-hydrogen) atoms. The van der Waals surface area contributed by atoms with Gasteiger partial charge in [-0.1, -0.05) is 33.8 Å². The molecule has 1 aliphatic rings. The molecule has 0 aromatic heterocycles. The van der Waals surface area contributed by atoms with Crippen molar-refractivity contribution < 1.29 is 27.8 Å². The highest BCUT2D eigenvalue weighted by molar-refractivity contribution is 6.21. The van der Waals surface area contributed by atoms with Gasteiger partial charge in [0.2, 0.25) is 0 Å². The number of benzene rings is 2. The maximum atomic E-state index is 13.3. The van der Waals surface area contributed by atoms with Crippen LogP contribution in [0.25, 0.3) is 5.57 Å². The first kappa shape index (κ1) is 26.3. The standard InChI is InChI=1S/C28H30F3NO3/c1-5-19-8-9-22(35-21-10-11-24(28(29,30)31)20(13-21)15-32)14-23(19)26-25(33)12-16(2)6-7-17(3)18(4)27(26)34/h8-11,13-14,16-18,34H,5-7,12H2,1-4H3/b27-26+/t16-,17+,18?/m1/s1. The van der Waals surface area contributed by atoms with Crippen LogP contribution >= 0.6 is 0 Å². The number of hydrogen-bond acceptors (Lipinski definition) is 4. The van der Waals surface area contributed by atoms with Gasteiger partial charge in [0.15, 0.2) is 5.78 Å². The number of carbonyl (C=O) groups is 1. The number of hydrogen-bond donors (Lipinski definition) is 1. The molecule has 0 amide bonds. The van der Waals surface area contributed by atoms with Gasteiger partial charge in [-0.3, -0.25) is 4.79 Å². The molecule has 0 spiro atoms. The quantitative estimate of drug-likeness (QED) is 0.478. The normalized spacial score (nSPS) is 23.7. The van der Waals surface area contributed by atoms with Gasteiger partial charge >= 0.3 is 6.18 Å². The molecule has 3 atom stereocenters. The van der Waals surface area contributed by atoms with Gasteiger partial charge < -0.3 is 9.84 Å². The van der Waals surface area contributed by atoms with Gasteiger partial charge in [-0.15, -0.1) is 0 Å². The highest BCUT2D eigenvalue weighted by Crippen LogP contribution is 2.38. The van der Waals surface area contributed by atoms with Crippen molar-refractivity contribution in [3.8, 4) is 17.6 Å². The first-order valence-corrected chi connectivity index (χ1v) is 11.8. The second-order valence-corrected chi connectivity index (χ2v) is 9.43. The Morgan fingerprint density at radius 2 is 1.74 bits per heavy atom. The Morgan fingerprint density at radius 3 is 2.37 bits per heavy atom. The van der Waals surface area contributed by atoms with Gasteiger partial charge in [-0.2, -0.15) is 18.4 Å². The number of ether oxygens (including phenoxy) is 1. The fraction of sp³-hybridized carbons (Fsp3) is 0.429. The van der Waals surface area contributed by atoms with Gasteiger partial charge in [0.05, 0.1) is 22.8 Å². The van der Waals surface area contributed by atoms with Crippen LogP contribution in [-0.2, 0) is 17.4 Å². The summed E-state index contributed by atoms with van der Waals surface area (Å²) < 4.78 is 45.2. The molecule has 2 aromatic rings. The number of rotatable bonds is 4. The van der Waals surface area contributed by atoms with E-state index in [-0.39, 0.29) is 40.6 Å². The molecule has 2 aromatic carbocycles. The molecule has 4 nitrogen and oxygen atoms in total. The highest BCUT2D eigenvalue weighted by atomic mass is 19.4. The van der Waals surface area contributed by atoms with E-state index in [9.17, 15) is 28.3 Å². The number of aryl methyl sites for hydroxylation is 1. The van der Waals surface area contributed by atoms with Crippen LogP contribution < -0.4 is 4.74 Å². The van der Waals surface area contributed by atoms with Crippen molar-refractivity contribution in [2.24, 2.45) is 17.8 Å². The zero-order valence-electron chi connectivity index (χ0n) is 20.4. The number of nitrogens with zero attached hydrogens (tertiary/aromatic N) is 1. The molecule has 1 unspecified atom stereocenters. The van der Waals surface area contributed by atoms with Crippen molar-refractivity contribution in [1.82, 2.24) is 0 Å². The van der Waals surface area contributed by atoms with E-state index in [1.54, 1.807) is 24.3 Å². The number of nitriles is 1. The Labute approximate surface area is 204 Å². The molecule has 0 fully saturated rings. The van der Waals surface area contributed by atoms with Crippen LogP contribution in [0.5, 0.6) is 11.5 Å². The molecule has 0 saturated carbocycles. The molecule has 3 rings (SSSR count). The smallest absolute Gasteiger partial charge is 0.417 e. The van der Waals surface area contributed by atoms with E-state index < -0.39 is 17.3 Å². The average Bonchev–Trinajstić information content (AvgIpc) is 2.83. The van der Waals surface area contributed by atoms with E-state index in [0.717, 1.165) is 36.6 Å². The summed E-state index contributed by atoms with van der Waals surface area (Å²) in [5.41, 5.74) is 0.129. The molecule has 186 valence electrons. The number of Topliss-reactive ketones (excluding diaryl/α,β-unsaturated/α-hetero) is 1. The zero-order chi connectivity index (χ0) is 25.9. The highest BCUT2D eigenvalue weighted by Gasteiger charge is 2.34. The van der Waals surface area contributed by atoms with Crippen molar-refractivity contribution in [3.63, 3.8) is 0 Å². The fourth-order valence-electron chi connectivity index (χ4n) is 4.47. The van der Waals surface area contributed by atoms with E-state index >= 15 is 0 Å². The first-order valence-electron chi connectivity index (χ1n) is 11.8. The van der Waals surface area contributed by atoms with E-state index in [0.29, 0.717) is 24.2 Å². The second-order valence-electron chi connectivity index (χ2n) is 9.43. The minimum absolute atomic E-state index is 0.0600. The topological polar surface area (TPSA) is 70.3 Å². The molecule has 1 N–H and O–H groups in total. The van der Waals surface area contributed by atoms with E-state index in [1.165, 1.54) is 0 Å². The largest absolute Gasteiger partial charge is 0.511 e. The van der Waals surface area contributed by atoms with E-state index in [4.69, 9.17) is 4.74 Å². The van der Waals surface area contributed by atoms with Crippen LogP contribution in [0.15, 0.2) is 42.2 Å². The predicted octanol–water partition coefficient (Wildman–Crippen LogP) is 7.86. The average molecular weight is 486 g/mol. The molecule has 7 heteroatoms. The van der Waals surface area contributed by atoms with E-state index in [2.05, 4.69) is 6.92 Å². The molecule has 0 radical (unpaired) electrons. The van der Waals surface area contributed by atoms with Crippen molar-refractivity contribution in [1.29, 1.82) is 5.26 Å². The minimum atomic E-state index is -4.65. The number of carbonyl (C=O) groups excluding carboxylic acids is 1. The summed E-state index contributed by atoms with van der Waals surface area (Å²) in [4.78, 5) is 13.3. The minimum Gasteiger partial charge on any atom is -0.511 e. The Morgan fingerprint density at radius 1 is 1.09 bits per heavy atom. The molecule has 0 aliphatic heterocycles. The van der Waals surface area contributed by atoms with Gasteiger partial charge in [0, 0.05) is 12.3 Å². The maximum absolute atomic E-state index is 13.3. The Balaban J connectivity index is 2.08. The molecule has 0 saturated heterocycles. The molecular formula is C28H30F3NO3. The van der Waals surface area contributed by atoms with Crippen LogP contribution in [0.1, 0.15) is 69.2 Å². The summed E-state index contributed by atoms with van der Waals surface area (Å²) in [5.74, 6) is 0.455. The van der Waals surface area contributed by atoms with Crippen molar-refractivity contribution in [2.45, 2.75) is 59.6 Å². The van der Waals surface area contributed by atoms with Crippen molar-refractivity contribution >= 4 is 11.4 Å². The van der Waals surface area contributed by atoms with Crippen LogP contribution in [0, 0.1) is 29.1 Å². The van der Waals surface area contributed by atoms with Crippen LogP contribution in [0.2, 0.25) is 0 Å². The lowest BCUT2D eigenvalue weighted by Crippen LogP contribution is -2.15. The van der Waals surface area contributed by atoms with Gasteiger partial charge in [-0.05, 0) is 72.6 Å². The molecular weight excluding hydrogens is 455 g/mol. The van der Waals surface area contributed by atoms with Gasteiger partial charge in [-0.25, -0.2) is 0 Å². The Hall–Kier alpha value is -3.27. The number of aliphatic hydroxyl groups is 1. The summed E-state index contributed by atoms with van der Waals surface area (Å²) in [6.45, 7) is 7.97. The summed E-state index contributed by atoms with van der Waals surface area (Å²) in [5, 5.41) is 20.4. The number of allylic oxidation sites excluding steroid dienone is 2. The Kier molecular flexibility index (Phi) is 7.94. The lowest BCUT2D eigenvalue weighted by Gasteiger charge is -2.22. The summed E-state index contributed by atoms with van der Waals surface area (Å²) in [6, 6.07) is 9.68. The monoisotopic (exact) mass is 485 g/mol. The third kappa shape index (κ3) is 5.87. The van der Waals surface area contributed by atoms with Crippen molar-refractivity contribution in [2.75, 3.05) is 0 Å². The lowest BCUT2D eigenvalue weighted by atomic mass is 9.85. The van der Waals surface area contributed by atoms with Crippen LogP contribution in [0.3, 0.4) is 0 Å². The molecule has 1 aliphatic carbocycles. The second kappa shape index (κ2) is 10.6. The third-order valence-electron chi connectivity index (χ3n) is 6.85. The van der Waals surface area contributed by atoms with Gasteiger partial charge in [0.1, 0.15) is 17.3 Å². The van der Waals surface area contributed by atoms with Crippen LogP contribution in [-0.4, -0.2) is 10.9 Å². The van der Waals surface area contributed by atoms with Crippen molar-refractivity contribution in [3.05, 3.63) is 64.4 Å². The molecule has 0 heterocycles. The summed E-state index contributed by atoms with van der Waals surface area (Å²) in [7, 11) is 0. The third-order valence-corrected chi connectivity index (χ3v) is 6.85. The van der Waals surface area contributed by atoms with Crippen LogP contribution in [0.4, 0.5) is 13.2 Å². The van der Waals surface area contributed by atoms with E-state index in [1.807, 2.05) is 20.8 Å². The lowest BCUT2D eigenvalue weighted by molar-refractivity contribution is -0.137. The number of ketones is 1. The Bertz CT molecular complexity index is 1180. The zero-order valence-corrected chi connectivity index (χ0v) is 20.4. The SMILES string of the molecule is CCc1ccc(Oc2ccc(C(F)(F)F)c(C#N)c2)cc1/C1=C(\O)C(C)[C@@H](C)CC[C@@H](C)CC1=O. The molecule has 0 bridgehead atoms. The summed E-state index contributed by atoms with van der Waals surface area (Å²) in [6.07, 6.45) is -1.91. The number of halogens is 3. The summed E-state index contributed by atoms with van der Waals surface area (Å²) >= 11 is 0. The maximum Gasteiger partial charge on any atom is 0.417 e. The van der Waals surface area contributed by atoms with Gasteiger partial charge in [0.25, 0.3) is 0 Å².